The van der Waals surface area contributed by atoms with E-state index in [1.807, 2.05) is 48.5 Å². The van der Waals surface area contributed by atoms with Crippen molar-refractivity contribution in [2.24, 2.45) is 0 Å². The average Bonchev–Trinajstić information content (AvgIpc) is 3.38. The first kappa shape index (κ1) is 28.9. The van der Waals surface area contributed by atoms with Crippen LogP contribution in [-0.2, 0) is 46.7 Å². The summed E-state index contributed by atoms with van der Waals surface area (Å²) in [6.07, 6.45) is 5.38. The summed E-state index contributed by atoms with van der Waals surface area (Å²) in [6.45, 7) is 0. The molecule has 6 heteroatoms. The third-order valence-corrected chi connectivity index (χ3v) is 8.20. The van der Waals surface area contributed by atoms with Crippen LogP contribution in [-0.4, -0.2) is 4.98 Å². The summed E-state index contributed by atoms with van der Waals surface area (Å²) in [5.74, 6) is 2.26. The monoisotopic (exact) mass is 765 g/mol. The predicted molar refractivity (Wildman–Crippen MR) is 175 cm³/mol. The molecule has 45 heavy (non-hydrogen) atoms. The Hall–Kier alpha value is -4.86. The van der Waals surface area contributed by atoms with E-state index in [-0.39, 0.29) is 21.1 Å². The van der Waals surface area contributed by atoms with Crippen LogP contribution in [0.25, 0.3) is 21.8 Å². The second-order valence-electron chi connectivity index (χ2n) is 11.0. The Morgan fingerprint density at radius 2 is 1.09 bits per heavy atom. The fourth-order valence-corrected chi connectivity index (χ4v) is 6.05. The molecule has 0 radical (unpaired) electrons. The molecule has 0 saturated heterocycles. The van der Waals surface area contributed by atoms with Gasteiger partial charge in [0.15, 0.2) is 0 Å². The van der Waals surface area contributed by atoms with E-state index in [4.69, 9.17) is 20.1 Å². The number of benzene rings is 5. The van der Waals surface area contributed by atoms with Gasteiger partial charge < -0.3 is 20.1 Å². The van der Waals surface area contributed by atoms with Crippen molar-refractivity contribution in [3.05, 3.63) is 160 Å². The topological polar surface area (TPSA) is 59.6 Å². The van der Waals surface area contributed by atoms with Crippen molar-refractivity contribution in [2.45, 2.75) is 25.7 Å². The largest absolute Gasteiger partial charge is 0.657 e. The number of aromatic nitrogens is 1. The molecule has 5 aromatic carbocycles. The maximum absolute atomic E-state index is 6.45. The molecule has 8 rings (SSSR count). The molecule has 2 aliphatic rings. The van der Waals surface area contributed by atoms with Gasteiger partial charge >= 0.3 is 0 Å². The molecular weight excluding hydrogens is 738 g/mol. The van der Waals surface area contributed by atoms with Crippen LogP contribution in [0.1, 0.15) is 22.3 Å². The van der Waals surface area contributed by atoms with E-state index < -0.39 is 0 Å². The maximum Gasteiger partial charge on any atom is 0.216 e. The van der Waals surface area contributed by atoms with E-state index in [0.29, 0.717) is 23.1 Å². The fourth-order valence-electron chi connectivity index (χ4n) is 6.05. The summed E-state index contributed by atoms with van der Waals surface area (Å²) in [4.78, 5) is 4.25. The molecule has 5 nitrogen and oxygen atoms in total. The van der Waals surface area contributed by atoms with E-state index in [1.54, 1.807) is 6.20 Å². The van der Waals surface area contributed by atoms with Gasteiger partial charge in [0.25, 0.3) is 0 Å². The minimum Gasteiger partial charge on any atom is -0.657 e. The summed E-state index contributed by atoms with van der Waals surface area (Å²) in [6, 6.07) is 42.0. The Balaban J connectivity index is 0.00000325. The Kier molecular flexibility index (Phi) is 8.11. The van der Waals surface area contributed by atoms with Crippen LogP contribution in [0, 0.1) is 6.07 Å². The van der Waals surface area contributed by atoms with Crippen molar-refractivity contribution < 1.29 is 30.5 Å². The van der Waals surface area contributed by atoms with Gasteiger partial charge in [-0.3, -0.25) is 0 Å². The molecule has 3 heterocycles. The van der Waals surface area contributed by atoms with Gasteiger partial charge in [0.2, 0.25) is 5.88 Å². The molecule has 0 amide bonds. The van der Waals surface area contributed by atoms with Crippen LogP contribution >= 0.6 is 0 Å². The van der Waals surface area contributed by atoms with Crippen LogP contribution in [0.2, 0.25) is 0 Å². The number of hydrogen-bond donors (Lipinski definition) is 0. The van der Waals surface area contributed by atoms with Gasteiger partial charge in [0.05, 0.1) is 0 Å². The molecule has 0 fully saturated rings. The van der Waals surface area contributed by atoms with Crippen LogP contribution in [0.15, 0.2) is 121 Å². The first-order chi connectivity index (χ1) is 21.8. The first-order valence-corrected chi connectivity index (χ1v) is 14.9. The summed E-state index contributed by atoms with van der Waals surface area (Å²) in [5, 5.41) is 10.6. The number of nitrogens with zero attached hydrogens (tertiary/aromatic N) is 3. The number of ether oxygens (including phenoxy) is 2. The normalized spacial score (nSPS) is 12.7. The second kappa shape index (κ2) is 12.6. The zero-order valence-electron chi connectivity index (χ0n) is 24.3. The zero-order valence-corrected chi connectivity index (χ0v) is 26.6. The molecule has 0 bridgehead atoms. The Bertz CT molecular complexity index is 1990. The van der Waals surface area contributed by atoms with Gasteiger partial charge in [-0.15, -0.1) is 29.2 Å². The molecule has 1 aromatic heterocycles. The van der Waals surface area contributed by atoms with Crippen LogP contribution in [0.3, 0.4) is 0 Å². The molecule has 0 unspecified atom stereocenters. The number of aryl methyl sites for hydroxylation is 4. The van der Waals surface area contributed by atoms with Crippen LogP contribution < -0.4 is 9.47 Å². The summed E-state index contributed by atoms with van der Waals surface area (Å²) in [5.41, 5.74) is 11.0. The minimum absolute atomic E-state index is 0. The predicted octanol–water partition coefficient (Wildman–Crippen LogP) is 11.0. The summed E-state index contributed by atoms with van der Waals surface area (Å²) in [7, 11) is 0. The number of pyridine rings is 1. The molecular formula is C39H28N3O2Pt-3. The molecule has 2 aliphatic heterocycles. The van der Waals surface area contributed by atoms with Crippen molar-refractivity contribution >= 4 is 22.7 Å². The Morgan fingerprint density at radius 1 is 0.511 bits per heavy atom. The fraction of sp³-hybridized carbons (Fsp3) is 0.103. The number of para-hydroxylation sites is 4. The van der Waals surface area contributed by atoms with Gasteiger partial charge in [-0.25, -0.2) is 4.98 Å². The second-order valence-corrected chi connectivity index (χ2v) is 11.0. The van der Waals surface area contributed by atoms with Crippen molar-refractivity contribution in [1.82, 2.24) is 4.98 Å². The van der Waals surface area contributed by atoms with Gasteiger partial charge in [-0.1, -0.05) is 113 Å². The quantitative estimate of drug-likeness (QED) is 0.164. The smallest absolute Gasteiger partial charge is 0.216 e. The minimum atomic E-state index is 0. The van der Waals surface area contributed by atoms with Gasteiger partial charge in [0.1, 0.15) is 5.75 Å². The van der Waals surface area contributed by atoms with Gasteiger partial charge in [-0.2, -0.15) is 6.07 Å². The summed E-state index contributed by atoms with van der Waals surface area (Å²) < 4.78 is 12.3. The standard InChI is InChI=1S/C39H28N3O2.Pt/c1-2-17-34-26(9-1)20-21-27-10-5-15-32(37(27)41-34)33-16-6-11-28-22-23-29-12-7-18-35(39(29)42-38(28)33)43-30-13-8-14-31(25-30)44-36-19-3-4-24-40-36;/h1-19,24H,20-23H2;/q-3;. The van der Waals surface area contributed by atoms with E-state index in [2.05, 4.69) is 77.8 Å². The molecule has 0 atom stereocenters. The number of hydrogen-bond acceptors (Lipinski definition) is 3. The van der Waals surface area contributed by atoms with Crippen LogP contribution in [0.4, 0.5) is 22.7 Å². The molecule has 0 aliphatic carbocycles. The molecule has 0 N–H and O–H groups in total. The molecule has 0 spiro atoms. The number of fused-ring (bicyclic) bond motifs is 4. The van der Waals surface area contributed by atoms with E-state index in [1.165, 1.54) is 16.7 Å². The van der Waals surface area contributed by atoms with Crippen molar-refractivity contribution in [3.8, 4) is 34.3 Å². The Morgan fingerprint density at radius 3 is 1.82 bits per heavy atom. The van der Waals surface area contributed by atoms with Gasteiger partial charge in [-0.05, 0) is 48.9 Å². The van der Waals surface area contributed by atoms with Crippen molar-refractivity contribution in [1.29, 1.82) is 0 Å². The average molecular weight is 766 g/mol. The third-order valence-electron chi connectivity index (χ3n) is 8.20. The van der Waals surface area contributed by atoms with E-state index in [9.17, 15) is 0 Å². The van der Waals surface area contributed by atoms with Gasteiger partial charge in [0, 0.05) is 44.8 Å². The number of rotatable bonds is 5. The zero-order chi connectivity index (χ0) is 29.3. The molecule has 6 aromatic rings. The van der Waals surface area contributed by atoms with Crippen molar-refractivity contribution in [2.75, 3.05) is 0 Å². The molecule has 224 valence electrons. The van der Waals surface area contributed by atoms with E-state index >= 15 is 0 Å². The third kappa shape index (κ3) is 5.84. The summed E-state index contributed by atoms with van der Waals surface area (Å²) >= 11 is 0. The van der Waals surface area contributed by atoms with Crippen molar-refractivity contribution in [3.63, 3.8) is 0 Å². The van der Waals surface area contributed by atoms with Crippen LogP contribution in [0.5, 0.6) is 23.1 Å². The Labute approximate surface area is 277 Å². The SMILES string of the molecule is [Pt].[c-]1c(Oc2ccccn2)cccc1Oc1cccc2c1[N-]c1c(cccc1-c1cccc3c1[N-]c1ccccc1CC3)CC2. The maximum atomic E-state index is 6.45. The first-order valence-electron chi connectivity index (χ1n) is 14.9. The molecule has 0 saturated carbocycles. The van der Waals surface area contributed by atoms with E-state index in [0.717, 1.165) is 65.1 Å².